The number of nitrogens with zero attached hydrogens (tertiary/aromatic N) is 1. The van der Waals surface area contributed by atoms with Crippen molar-refractivity contribution in [1.29, 1.82) is 0 Å². The Morgan fingerprint density at radius 1 is 1.12 bits per heavy atom. The van der Waals surface area contributed by atoms with Crippen LogP contribution in [0, 0.1) is 0 Å². The molecule has 0 fully saturated rings. The lowest BCUT2D eigenvalue weighted by molar-refractivity contribution is -0.118. The molecule has 1 heterocycles. The van der Waals surface area contributed by atoms with E-state index in [2.05, 4.69) is 5.32 Å². The number of amides is 1. The van der Waals surface area contributed by atoms with Gasteiger partial charge in [0.15, 0.2) is 6.61 Å². The molecule has 0 atom stereocenters. The maximum atomic E-state index is 12.3. The number of hydrogen-bond donors (Lipinski definition) is 1. The maximum Gasteiger partial charge on any atom is 0.262 e. The largest absolute Gasteiger partial charge is 0.483 e. The average Bonchev–Trinajstić information content (AvgIpc) is 2.62. The van der Waals surface area contributed by atoms with Crippen molar-refractivity contribution in [2.45, 2.75) is 13.5 Å². The van der Waals surface area contributed by atoms with Gasteiger partial charge in [-0.2, -0.15) is 0 Å². The summed E-state index contributed by atoms with van der Waals surface area (Å²) in [5.41, 5.74) is 0.567. The number of aryl methyl sites for hydroxylation is 1. The van der Waals surface area contributed by atoms with Gasteiger partial charge in [-0.05, 0) is 49.4 Å². The van der Waals surface area contributed by atoms with Crippen molar-refractivity contribution in [2.24, 2.45) is 0 Å². The highest BCUT2D eigenvalue weighted by Crippen LogP contribution is 2.23. The number of hydrogen-bond acceptors (Lipinski definition) is 3. The van der Waals surface area contributed by atoms with E-state index < -0.39 is 0 Å². The van der Waals surface area contributed by atoms with Crippen molar-refractivity contribution in [3.63, 3.8) is 0 Å². The van der Waals surface area contributed by atoms with Gasteiger partial charge < -0.3 is 14.6 Å². The van der Waals surface area contributed by atoms with Crippen LogP contribution in [0.1, 0.15) is 6.92 Å². The van der Waals surface area contributed by atoms with Crippen LogP contribution in [0.5, 0.6) is 5.75 Å². The van der Waals surface area contributed by atoms with Crippen LogP contribution in [0.2, 0.25) is 5.02 Å². The van der Waals surface area contributed by atoms with Crippen LogP contribution < -0.4 is 15.6 Å². The monoisotopic (exact) mass is 356 g/mol. The zero-order valence-electron chi connectivity index (χ0n) is 13.7. The Morgan fingerprint density at radius 3 is 2.60 bits per heavy atom. The van der Waals surface area contributed by atoms with Gasteiger partial charge in [-0.1, -0.05) is 17.7 Å². The van der Waals surface area contributed by atoms with Crippen LogP contribution in [-0.4, -0.2) is 17.1 Å². The molecule has 0 saturated heterocycles. The van der Waals surface area contributed by atoms with Gasteiger partial charge in [-0.25, -0.2) is 0 Å². The number of rotatable bonds is 5. The Hall–Kier alpha value is -2.79. The number of ether oxygens (including phenoxy) is 1. The van der Waals surface area contributed by atoms with Gasteiger partial charge in [-0.3, -0.25) is 9.59 Å². The fourth-order valence-electron chi connectivity index (χ4n) is 2.54. The number of carbonyl (C=O) groups is 1. The summed E-state index contributed by atoms with van der Waals surface area (Å²) >= 11 is 5.81. The lowest BCUT2D eigenvalue weighted by atomic mass is 10.1. The molecule has 25 heavy (non-hydrogen) atoms. The smallest absolute Gasteiger partial charge is 0.262 e. The van der Waals surface area contributed by atoms with E-state index in [1.165, 1.54) is 0 Å². The first-order chi connectivity index (χ1) is 12.1. The number of benzene rings is 2. The molecule has 1 aromatic heterocycles. The number of nitrogens with one attached hydrogen (secondary N) is 1. The van der Waals surface area contributed by atoms with Gasteiger partial charge in [0.05, 0.1) is 5.39 Å². The van der Waals surface area contributed by atoms with E-state index in [4.69, 9.17) is 16.3 Å². The summed E-state index contributed by atoms with van der Waals surface area (Å²) in [5.74, 6) is 0.213. The van der Waals surface area contributed by atoms with E-state index in [-0.39, 0.29) is 18.1 Å². The molecule has 0 aliphatic rings. The predicted octanol–water partition coefficient (Wildman–Crippen LogP) is 3.69. The average molecular weight is 357 g/mol. The predicted molar refractivity (Wildman–Crippen MR) is 99.5 cm³/mol. The third kappa shape index (κ3) is 3.83. The second-order valence-electron chi connectivity index (χ2n) is 5.47. The van der Waals surface area contributed by atoms with E-state index in [9.17, 15) is 9.59 Å². The topological polar surface area (TPSA) is 60.3 Å². The molecular weight excluding hydrogens is 340 g/mol. The lowest BCUT2D eigenvalue weighted by Gasteiger charge is -2.11. The molecule has 6 heteroatoms. The summed E-state index contributed by atoms with van der Waals surface area (Å²) in [4.78, 5) is 24.4. The molecule has 128 valence electrons. The van der Waals surface area contributed by atoms with Gasteiger partial charge in [0.25, 0.3) is 11.5 Å². The molecule has 3 rings (SSSR count). The van der Waals surface area contributed by atoms with Crippen molar-refractivity contribution >= 4 is 34.0 Å². The number of anilines is 1. The molecular formula is C19H17ClN2O3. The Morgan fingerprint density at radius 2 is 1.88 bits per heavy atom. The van der Waals surface area contributed by atoms with E-state index in [0.29, 0.717) is 33.8 Å². The van der Waals surface area contributed by atoms with Crippen LogP contribution in [0.15, 0.2) is 59.5 Å². The minimum atomic E-state index is -0.291. The summed E-state index contributed by atoms with van der Waals surface area (Å²) in [6.45, 7) is 2.36. The Bertz CT molecular complexity index is 965. The number of halogens is 1. The zero-order valence-corrected chi connectivity index (χ0v) is 14.4. The highest BCUT2D eigenvalue weighted by atomic mass is 35.5. The molecule has 0 spiro atoms. The molecule has 3 aromatic rings. The number of aromatic nitrogens is 1. The Kier molecular flexibility index (Phi) is 5.05. The van der Waals surface area contributed by atoms with Crippen molar-refractivity contribution in [3.8, 4) is 5.75 Å². The first kappa shape index (κ1) is 17.0. The summed E-state index contributed by atoms with van der Waals surface area (Å²) in [5, 5.41) is 4.59. The third-order valence-corrected chi connectivity index (χ3v) is 4.06. The molecule has 0 bridgehead atoms. The summed E-state index contributed by atoms with van der Waals surface area (Å²) in [7, 11) is 0. The number of fused-ring (bicyclic) bond motifs is 1. The molecule has 2 aromatic carbocycles. The standard InChI is InChI=1S/C19H17ClN2O3/c1-2-22-11-10-15-16(19(22)24)4-3-5-17(15)25-12-18(23)21-14-8-6-13(20)7-9-14/h3-11H,2,12H2,1H3,(H,21,23). The molecule has 0 saturated carbocycles. The van der Waals surface area contributed by atoms with Crippen LogP contribution in [0.25, 0.3) is 10.8 Å². The minimum Gasteiger partial charge on any atom is -0.483 e. The molecule has 0 aliphatic heterocycles. The summed E-state index contributed by atoms with van der Waals surface area (Å²) < 4.78 is 7.24. The fraction of sp³-hybridized carbons (Fsp3) is 0.158. The Labute approximate surface area is 149 Å². The Balaban J connectivity index is 1.75. The molecule has 5 nitrogen and oxygen atoms in total. The summed E-state index contributed by atoms with van der Waals surface area (Å²) in [6, 6.07) is 13.9. The van der Waals surface area contributed by atoms with E-state index >= 15 is 0 Å². The molecule has 1 N–H and O–H groups in total. The SMILES string of the molecule is CCn1ccc2c(OCC(=O)Nc3ccc(Cl)cc3)cccc2c1=O. The molecule has 0 unspecified atom stereocenters. The first-order valence-electron chi connectivity index (χ1n) is 7.89. The van der Waals surface area contributed by atoms with Gasteiger partial charge >= 0.3 is 0 Å². The molecule has 1 amide bonds. The van der Waals surface area contributed by atoms with Crippen LogP contribution in [0.4, 0.5) is 5.69 Å². The second-order valence-corrected chi connectivity index (χ2v) is 5.90. The minimum absolute atomic E-state index is 0.0731. The number of pyridine rings is 1. The molecule has 0 aliphatic carbocycles. The zero-order chi connectivity index (χ0) is 17.8. The van der Waals surface area contributed by atoms with E-state index in [1.807, 2.05) is 13.0 Å². The van der Waals surface area contributed by atoms with Crippen molar-refractivity contribution in [1.82, 2.24) is 4.57 Å². The highest BCUT2D eigenvalue weighted by Gasteiger charge is 2.09. The van der Waals surface area contributed by atoms with Gasteiger partial charge in [0.1, 0.15) is 5.75 Å². The third-order valence-electron chi connectivity index (χ3n) is 3.81. The van der Waals surface area contributed by atoms with Crippen LogP contribution in [-0.2, 0) is 11.3 Å². The summed E-state index contributed by atoms with van der Waals surface area (Å²) in [6.07, 6.45) is 1.73. The van der Waals surface area contributed by atoms with Gasteiger partial charge in [0, 0.05) is 28.8 Å². The van der Waals surface area contributed by atoms with E-state index in [1.54, 1.807) is 53.2 Å². The first-order valence-corrected chi connectivity index (χ1v) is 8.26. The second kappa shape index (κ2) is 7.40. The van der Waals surface area contributed by atoms with Crippen LogP contribution in [0.3, 0.4) is 0 Å². The van der Waals surface area contributed by atoms with Gasteiger partial charge in [-0.15, -0.1) is 0 Å². The van der Waals surface area contributed by atoms with E-state index in [0.717, 1.165) is 0 Å². The van der Waals surface area contributed by atoms with Crippen molar-refractivity contribution in [2.75, 3.05) is 11.9 Å². The fourth-order valence-corrected chi connectivity index (χ4v) is 2.66. The normalized spacial score (nSPS) is 10.6. The maximum absolute atomic E-state index is 12.3. The number of carbonyl (C=O) groups excluding carboxylic acids is 1. The van der Waals surface area contributed by atoms with Gasteiger partial charge in [0.2, 0.25) is 0 Å². The quantitative estimate of drug-likeness (QED) is 0.758. The molecule has 0 radical (unpaired) electrons. The van der Waals surface area contributed by atoms with Crippen LogP contribution >= 0.6 is 11.6 Å². The highest BCUT2D eigenvalue weighted by molar-refractivity contribution is 6.30. The van der Waals surface area contributed by atoms with Crippen molar-refractivity contribution < 1.29 is 9.53 Å². The lowest BCUT2D eigenvalue weighted by Crippen LogP contribution is -2.21. The van der Waals surface area contributed by atoms with Crippen molar-refractivity contribution in [3.05, 3.63) is 70.1 Å².